The number of thiazole rings is 1. The van der Waals surface area contributed by atoms with Crippen LogP contribution in [0.3, 0.4) is 0 Å². The highest BCUT2D eigenvalue weighted by Crippen LogP contribution is 2.39. The maximum atomic E-state index is 12.5. The minimum atomic E-state index is -0.311. The van der Waals surface area contributed by atoms with Crippen LogP contribution in [-0.4, -0.2) is 65.5 Å². The standard InChI is InChI=1S/C18H24N4O4S/c1-25-13-10-19-14(11-4-8-26-9-5-11)16-15(13)20-17(27-16)21-18(24)22-6-2-12(23)3-7-22/h10-12,23H,2-9H2,1H3,(H,20,21,24). The number of fused-ring (bicyclic) bond motifs is 1. The first-order chi connectivity index (χ1) is 13.2. The highest BCUT2D eigenvalue weighted by atomic mass is 32.1. The van der Waals surface area contributed by atoms with Crippen LogP contribution >= 0.6 is 11.3 Å². The molecule has 4 heterocycles. The van der Waals surface area contributed by atoms with E-state index in [9.17, 15) is 9.90 Å². The van der Waals surface area contributed by atoms with E-state index in [1.165, 1.54) is 11.3 Å². The summed E-state index contributed by atoms with van der Waals surface area (Å²) in [5.74, 6) is 0.943. The van der Waals surface area contributed by atoms with E-state index in [1.54, 1.807) is 18.2 Å². The number of hydrogen-bond donors (Lipinski definition) is 2. The molecule has 0 aliphatic carbocycles. The molecule has 9 heteroatoms. The largest absolute Gasteiger partial charge is 0.493 e. The summed E-state index contributed by atoms with van der Waals surface area (Å²) in [5.41, 5.74) is 1.75. The number of carbonyl (C=O) groups is 1. The Balaban J connectivity index is 1.59. The summed E-state index contributed by atoms with van der Waals surface area (Å²) >= 11 is 1.44. The van der Waals surface area contributed by atoms with Gasteiger partial charge in [0.2, 0.25) is 0 Å². The van der Waals surface area contributed by atoms with Crippen LogP contribution in [0.4, 0.5) is 9.93 Å². The number of methoxy groups -OCH3 is 1. The molecule has 0 bridgehead atoms. The summed E-state index contributed by atoms with van der Waals surface area (Å²) in [6.45, 7) is 2.58. The minimum Gasteiger partial charge on any atom is -0.493 e. The number of ether oxygens (including phenoxy) is 2. The fourth-order valence-corrected chi connectivity index (χ4v) is 4.65. The smallest absolute Gasteiger partial charge is 0.323 e. The second-order valence-electron chi connectivity index (χ2n) is 6.94. The number of carbonyl (C=O) groups excluding carboxylic acids is 1. The second kappa shape index (κ2) is 7.95. The van der Waals surface area contributed by atoms with E-state index in [-0.39, 0.29) is 12.1 Å². The van der Waals surface area contributed by atoms with Gasteiger partial charge in [0.25, 0.3) is 0 Å². The molecular weight excluding hydrogens is 368 g/mol. The van der Waals surface area contributed by atoms with Gasteiger partial charge in [0.05, 0.1) is 29.8 Å². The van der Waals surface area contributed by atoms with Crippen LogP contribution in [-0.2, 0) is 4.74 Å². The van der Waals surface area contributed by atoms with Crippen molar-refractivity contribution in [1.29, 1.82) is 0 Å². The average molecular weight is 392 g/mol. The van der Waals surface area contributed by atoms with Gasteiger partial charge in [-0.15, -0.1) is 0 Å². The third-order valence-electron chi connectivity index (χ3n) is 5.21. The maximum absolute atomic E-state index is 12.5. The van der Waals surface area contributed by atoms with Gasteiger partial charge in [-0.1, -0.05) is 11.3 Å². The number of aliphatic hydroxyl groups is 1. The summed E-state index contributed by atoms with van der Waals surface area (Å²) in [4.78, 5) is 23.5. The molecule has 2 aromatic rings. The number of aromatic nitrogens is 2. The number of rotatable bonds is 3. The number of aliphatic hydroxyl groups excluding tert-OH is 1. The van der Waals surface area contributed by atoms with Gasteiger partial charge in [-0.05, 0) is 25.7 Å². The van der Waals surface area contributed by atoms with Crippen molar-refractivity contribution in [3.8, 4) is 5.75 Å². The Morgan fingerprint density at radius 2 is 2.07 bits per heavy atom. The van der Waals surface area contributed by atoms with Crippen molar-refractivity contribution in [3.63, 3.8) is 0 Å². The number of nitrogens with one attached hydrogen (secondary N) is 1. The number of urea groups is 1. The van der Waals surface area contributed by atoms with E-state index in [0.29, 0.717) is 42.7 Å². The average Bonchev–Trinajstić information content (AvgIpc) is 3.11. The van der Waals surface area contributed by atoms with E-state index in [2.05, 4.69) is 15.3 Å². The summed E-state index contributed by atoms with van der Waals surface area (Å²) in [6.07, 6.45) is 4.49. The molecule has 2 saturated heterocycles. The van der Waals surface area contributed by atoms with Gasteiger partial charge in [-0.3, -0.25) is 10.3 Å². The van der Waals surface area contributed by atoms with Crippen molar-refractivity contribution in [3.05, 3.63) is 11.9 Å². The van der Waals surface area contributed by atoms with Gasteiger partial charge in [-0.25, -0.2) is 9.78 Å². The first-order valence-corrected chi connectivity index (χ1v) is 10.1. The molecule has 2 aliphatic heterocycles. The van der Waals surface area contributed by atoms with Crippen molar-refractivity contribution in [1.82, 2.24) is 14.9 Å². The molecule has 2 N–H and O–H groups in total. The van der Waals surface area contributed by atoms with Crippen LogP contribution in [0.25, 0.3) is 10.2 Å². The van der Waals surface area contributed by atoms with Gasteiger partial charge < -0.3 is 19.5 Å². The van der Waals surface area contributed by atoms with Crippen molar-refractivity contribution < 1.29 is 19.4 Å². The van der Waals surface area contributed by atoms with Gasteiger partial charge in [0.15, 0.2) is 10.9 Å². The third-order valence-corrected chi connectivity index (χ3v) is 6.20. The number of pyridine rings is 1. The van der Waals surface area contributed by atoms with Gasteiger partial charge in [0.1, 0.15) is 5.52 Å². The molecule has 0 radical (unpaired) electrons. The first kappa shape index (κ1) is 18.4. The lowest BCUT2D eigenvalue weighted by atomic mass is 9.96. The predicted molar refractivity (Wildman–Crippen MR) is 103 cm³/mol. The van der Waals surface area contributed by atoms with Gasteiger partial charge >= 0.3 is 6.03 Å². The molecule has 2 aromatic heterocycles. The number of hydrogen-bond acceptors (Lipinski definition) is 7. The Kier molecular flexibility index (Phi) is 5.42. The van der Waals surface area contributed by atoms with Crippen molar-refractivity contribution in [2.75, 3.05) is 38.7 Å². The Hall–Kier alpha value is -1.97. The fourth-order valence-electron chi connectivity index (χ4n) is 3.61. The van der Waals surface area contributed by atoms with Gasteiger partial charge in [0, 0.05) is 32.2 Å². The molecule has 0 atom stereocenters. The zero-order valence-electron chi connectivity index (χ0n) is 15.3. The van der Waals surface area contributed by atoms with E-state index in [4.69, 9.17) is 9.47 Å². The molecule has 2 amide bonds. The monoisotopic (exact) mass is 392 g/mol. The Morgan fingerprint density at radius 1 is 1.33 bits per heavy atom. The molecule has 8 nitrogen and oxygen atoms in total. The van der Waals surface area contributed by atoms with E-state index in [0.717, 1.165) is 42.0 Å². The highest BCUT2D eigenvalue weighted by Gasteiger charge is 2.25. The van der Waals surface area contributed by atoms with Gasteiger partial charge in [-0.2, -0.15) is 0 Å². The first-order valence-electron chi connectivity index (χ1n) is 9.31. The minimum absolute atomic E-state index is 0.180. The molecular formula is C18H24N4O4S. The number of nitrogens with zero attached hydrogens (tertiary/aromatic N) is 3. The summed E-state index contributed by atoms with van der Waals surface area (Å²) in [7, 11) is 1.60. The van der Waals surface area contributed by atoms with E-state index < -0.39 is 0 Å². The zero-order chi connectivity index (χ0) is 18.8. The van der Waals surface area contributed by atoms with Crippen LogP contribution in [0.15, 0.2) is 6.20 Å². The third kappa shape index (κ3) is 3.85. The summed E-state index contributed by atoms with van der Waals surface area (Å²) in [6, 6.07) is -0.180. The number of likely N-dealkylation sites (tertiary alicyclic amines) is 1. The highest BCUT2D eigenvalue weighted by molar-refractivity contribution is 7.22. The lowest BCUT2D eigenvalue weighted by Gasteiger charge is -2.29. The zero-order valence-corrected chi connectivity index (χ0v) is 16.1. The Morgan fingerprint density at radius 3 is 2.78 bits per heavy atom. The molecule has 2 fully saturated rings. The SMILES string of the molecule is COc1cnc(C2CCOCC2)c2sc(NC(=O)N3CCC(O)CC3)nc12. The van der Waals surface area contributed by atoms with Crippen LogP contribution in [0, 0.1) is 0 Å². The summed E-state index contributed by atoms with van der Waals surface area (Å²) in [5, 5.41) is 13.1. The number of piperidine rings is 1. The molecule has 0 aromatic carbocycles. The van der Waals surface area contributed by atoms with Crippen LogP contribution in [0.2, 0.25) is 0 Å². The van der Waals surface area contributed by atoms with Crippen molar-refractivity contribution in [2.45, 2.75) is 37.7 Å². The van der Waals surface area contributed by atoms with Crippen LogP contribution in [0.1, 0.15) is 37.3 Å². The van der Waals surface area contributed by atoms with E-state index in [1.807, 2.05) is 0 Å². The molecule has 4 rings (SSSR count). The Bertz CT molecular complexity index is 813. The number of anilines is 1. The maximum Gasteiger partial charge on any atom is 0.323 e. The molecule has 0 unspecified atom stereocenters. The summed E-state index contributed by atoms with van der Waals surface area (Å²) < 4.78 is 11.9. The van der Waals surface area contributed by atoms with E-state index >= 15 is 0 Å². The molecule has 27 heavy (non-hydrogen) atoms. The molecule has 146 valence electrons. The van der Waals surface area contributed by atoms with Crippen LogP contribution < -0.4 is 10.1 Å². The number of amides is 2. The second-order valence-corrected chi connectivity index (χ2v) is 7.94. The molecule has 2 aliphatic rings. The lowest BCUT2D eigenvalue weighted by Crippen LogP contribution is -2.42. The predicted octanol–water partition coefficient (Wildman–Crippen LogP) is 2.58. The lowest BCUT2D eigenvalue weighted by molar-refractivity contribution is 0.0848. The fraction of sp³-hybridized carbons (Fsp3) is 0.611. The van der Waals surface area contributed by atoms with Crippen molar-refractivity contribution >= 4 is 32.7 Å². The van der Waals surface area contributed by atoms with Crippen molar-refractivity contribution in [2.24, 2.45) is 0 Å². The molecule has 0 saturated carbocycles. The quantitative estimate of drug-likeness (QED) is 0.833. The van der Waals surface area contributed by atoms with Crippen LogP contribution in [0.5, 0.6) is 5.75 Å². The molecule has 0 spiro atoms. The Labute approximate surface area is 161 Å². The topological polar surface area (TPSA) is 96.8 Å². The normalized spacial score (nSPS) is 19.4.